The lowest BCUT2D eigenvalue weighted by atomic mass is 10.0. The number of para-hydroxylation sites is 1. The Morgan fingerprint density at radius 3 is 2.66 bits per heavy atom. The topological polar surface area (TPSA) is 86.5 Å². The van der Waals surface area contributed by atoms with E-state index in [4.69, 9.17) is 9.47 Å². The van der Waals surface area contributed by atoms with Gasteiger partial charge in [-0.25, -0.2) is 14.4 Å². The SMILES string of the molecule is COc1ccc(C(=O)CCC(O)c2cccc(-n3cnc4c(F)cccc43)n2)cc1OC. The van der Waals surface area contributed by atoms with Gasteiger partial charge in [0.1, 0.15) is 17.7 Å². The van der Waals surface area contributed by atoms with Gasteiger partial charge < -0.3 is 14.6 Å². The molecule has 1 unspecified atom stereocenters. The Morgan fingerprint density at radius 2 is 1.88 bits per heavy atom. The van der Waals surface area contributed by atoms with E-state index in [2.05, 4.69) is 9.97 Å². The Morgan fingerprint density at radius 1 is 1.09 bits per heavy atom. The molecule has 4 rings (SSSR count). The molecule has 4 aromatic rings. The zero-order chi connectivity index (χ0) is 22.7. The van der Waals surface area contributed by atoms with Crippen molar-refractivity contribution in [3.05, 3.63) is 78.0 Å². The summed E-state index contributed by atoms with van der Waals surface area (Å²) in [5.41, 5.74) is 1.72. The summed E-state index contributed by atoms with van der Waals surface area (Å²) in [6, 6.07) is 14.8. The lowest BCUT2D eigenvalue weighted by Crippen LogP contribution is -2.07. The molecule has 7 nitrogen and oxygen atoms in total. The van der Waals surface area contributed by atoms with Crippen LogP contribution in [0.5, 0.6) is 11.5 Å². The highest BCUT2D eigenvalue weighted by atomic mass is 19.1. The summed E-state index contributed by atoms with van der Waals surface area (Å²) in [4.78, 5) is 21.2. The van der Waals surface area contributed by atoms with Crippen molar-refractivity contribution in [2.75, 3.05) is 14.2 Å². The summed E-state index contributed by atoms with van der Waals surface area (Å²) in [7, 11) is 3.03. The van der Waals surface area contributed by atoms with Gasteiger partial charge in [-0.3, -0.25) is 9.36 Å². The highest BCUT2D eigenvalue weighted by Crippen LogP contribution is 2.29. The molecule has 32 heavy (non-hydrogen) atoms. The minimum absolute atomic E-state index is 0.127. The number of ketones is 1. The molecule has 0 fully saturated rings. The van der Waals surface area contributed by atoms with Gasteiger partial charge in [-0.1, -0.05) is 12.1 Å². The van der Waals surface area contributed by atoms with Gasteiger partial charge in [0.2, 0.25) is 0 Å². The van der Waals surface area contributed by atoms with E-state index in [0.29, 0.717) is 34.1 Å². The number of fused-ring (bicyclic) bond motifs is 1. The zero-order valence-corrected chi connectivity index (χ0v) is 17.7. The van der Waals surface area contributed by atoms with E-state index in [1.54, 1.807) is 53.1 Å². The highest BCUT2D eigenvalue weighted by Gasteiger charge is 2.16. The summed E-state index contributed by atoms with van der Waals surface area (Å²) < 4.78 is 26.0. The van der Waals surface area contributed by atoms with Crippen LogP contribution >= 0.6 is 0 Å². The van der Waals surface area contributed by atoms with Gasteiger partial charge in [0.15, 0.2) is 23.1 Å². The molecule has 1 N–H and O–H groups in total. The Bertz CT molecular complexity index is 1270. The second-order valence-corrected chi connectivity index (χ2v) is 7.19. The van der Waals surface area contributed by atoms with E-state index < -0.39 is 11.9 Å². The van der Waals surface area contributed by atoms with Crippen LogP contribution in [0.4, 0.5) is 4.39 Å². The third-order valence-corrected chi connectivity index (χ3v) is 5.22. The van der Waals surface area contributed by atoms with E-state index in [-0.39, 0.29) is 24.1 Å². The van der Waals surface area contributed by atoms with Gasteiger partial charge in [-0.15, -0.1) is 0 Å². The maximum absolute atomic E-state index is 13.9. The van der Waals surface area contributed by atoms with Gasteiger partial charge >= 0.3 is 0 Å². The average Bonchev–Trinajstić information content (AvgIpc) is 3.27. The molecule has 0 aliphatic carbocycles. The molecule has 2 aromatic carbocycles. The minimum Gasteiger partial charge on any atom is -0.493 e. The average molecular weight is 435 g/mol. The second kappa shape index (κ2) is 9.15. The van der Waals surface area contributed by atoms with Crippen molar-refractivity contribution in [3.63, 3.8) is 0 Å². The number of carbonyl (C=O) groups is 1. The monoisotopic (exact) mass is 435 g/mol. The van der Waals surface area contributed by atoms with Gasteiger partial charge in [0.05, 0.1) is 31.5 Å². The molecule has 2 aromatic heterocycles. The number of imidazole rings is 1. The first-order valence-corrected chi connectivity index (χ1v) is 10.0. The zero-order valence-electron chi connectivity index (χ0n) is 17.7. The molecule has 0 spiro atoms. The number of aliphatic hydroxyl groups excluding tert-OH is 1. The first-order chi connectivity index (χ1) is 15.5. The molecule has 0 bridgehead atoms. The number of nitrogens with zero attached hydrogens (tertiary/aromatic N) is 3. The van der Waals surface area contributed by atoms with Crippen molar-refractivity contribution >= 4 is 16.8 Å². The number of halogens is 1. The third-order valence-electron chi connectivity index (χ3n) is 5.22. The van der Waals surface area contributed by atoms with Crippen molar-refractivity contribution < 1.29 is 23.8 Å². The van der Waals surface area contributed by atoms with Gasteiger partial charge in [0.25, 0.3) is 0 Å². The summed E-state index contributed by atoms with van der Waals surface area (Å²) in [5.74, 6) is 0.971. The molecule has 2 heterocycles. The summed E-state index contributed by atoms with van der Waals surface area (Å²) in [6.07, 6.45) is 0.878. The first-order valence-electron chi connectivity index (χ1n) is 10.0. The van der Waals surface area contributed by atoms with Crippen LogP contribution in [0.1, 0.15) is 35.0 Å². The molecule has 164 valence electrons. The number of hydrogen-bond donors (Lipinski definition) is 1. The highest BCUT2D eigenvalue weighted by molar-refractivity contribution is 5.96. The minimum atomic E-state index is -0.939. The van der Waals surface area contributed by atoms with Crippen LogP contribution in [-0.2, 0) is 0 Å². The largest absolute Gasteiger partial charge is 0.493 e. The molecule has 0 saturated heterocycles. The summed E-state index contributed by atoms with van der Waals surface area (Å²) in [5, 5.41) is 10.6. The number of hydrogen-bond acceptors (Lipinski definition) is 6. The number of pyridine rings is 1. The van der Waals surface area contributed by atoms with Crippen LogP contribution in [0, 0.1) is 5.82 Å². The Kier molecular flexibility index (Phi) is 6.13. The number of aliphatic hydroxyl groups is 1. The van der Waals surface area contributed by atoms with Crippen molar-refractivity contribution in [2.24, 2.45) is 0 Å². The van der Waals surface area contributed by atoms with E-state index in [1.807, 2.05) is 0 Å². The van der Waals surface area contributed by atoms with E-state index in [0.717, 1.165) is 0 Å². The number of aromatic nitrogens is 3. The second-order valence-electron chi connectivity index (χ2n) is 7.19. The van der Waals surface area contributed by atoms with Crippen molar-refractivity contribution in [2.45, 2.75) is 18.9 Å². The van der Waals surface area contributed by atoms with E-state index in [1.165, 1.54) is 26.6 Å². The number of benzene rings is 2. The van der Waals surface area contributed by atoms with Gasteiger partial charge in [-0.2, -0.15) is 0 Å². The van der Waals surface area contributed by atoms with Gasteiger partial charge in [-0.05, 0) is 48.9 Å². The normalized spacial score (nSPS) is 12.0. The molecule has 0 radical (unpaired) electrons. The molecular weight excluding hydrogens is 413 g/mol. The van der Waals surface area contributed by atoms with Crippen LogP contribution in [0.3, 0.4) is 0 Å². The van der Waals surface area contributed by atoms with E-state index >= 15 is 0 Å². The Hall–Kier alpha value is -3.78. The van der Waals surface area contributed by atoms with Gasteiger partial charge in [0, 0.05) is 12.0 Å². The fraction of sp³-hybridized carbons (Fsp3) is 0.208. The molecule has 0 aliphatic heterocycles. The fourth-order valence-corrected chi connectivity index (χ4v) is 3.52. The molecule has 8 heteroatoms. The third kappa shape index (κ3) is 4.17. The fourth-order valence-electron chi connectivity index (χ4n) is 3.52. The number of Topliss-reactive ketones (excluding diaryl/α,β-unsaturated/α-hetero) is 1. The lowest BCUT2D eigenvalue weighted by Gasteiger charge is -2.12. The molecular formula is C24H22FN3O4. The predicted molar refractivity (Wildman–Crippen MR) is 117 cm³/mol. The smallest absolute Gasteiger partial charge is 0.163 e. The standard InChI is InChI=1S/C24H22FN3O4/c1-31-21-12-9-15(13-22(21)32-2)19(29)10-11-20(30)17-6-4-8-23(27-17)28-14-26-24-16(25)5-3-7-18(24)28/h3-9,12-14,20,30H,10-11H2,1-2H3. The first kappa shape index (κ1) is 21.5. The van der Waals surface area contributed by atoms with Crippen molar-refractivity contribution in [1.29, 1.82) is 0 Å². The van der Waals surface area contributed by atoms with Crippen molar-refractivity contribution in [1.82, 2.24) is 14.5 Å². The quantitative estimate of drug-likeness (QED) is 0.416. The number of carbonyl (C=O) groups excluding carboxylic acids is 1. The van der Waals surface area contributed by atoms with Crippen LogP contribution in [0.2, 0.25) is 0 Å². The Labute approximate surface area is 184 Å². The molecule has 0 aliphatic rings. The number of rotatable bonds is 8. The van der Waals surface area contributed by atoms with Crippen LogP contribution in [-0.4, -0.2) is 39.6 Å². The van der Waals surface area contributed by atoms with Crippen LogP contribution in [0.25, 0.3) is 16.9 Å². The molecule has 0 amide bonds. The number of methoxy groups -OCH3 is 2. The molecule has 1 atom stereocenters. The summed E-state index contributed by atoms with van der Waals surface area (Å²) in [6.45, 7) is 0. The molecule has 0 saturated carbocycles. The Balaban J connectivity index is 1.49. The van der Waals surface area contributed by atoms with E-state index in [9.17, 15) is 14.3 Å². The lowest BCUT2D eigenvalue weighted by molar-refractivity contribution is 0.0937. The maximum Gasteiger partial charge on any atom is 0.163 e. The number of ether oxygens (including phenoxy) is 2. The maximum atomic E-state index is 13.9. The van der Waals surface area contributed by atoms with Crippen LogP contribution in [0.15, 0.2) is 60.9 Å². The summed E-state index contributed by atoms with van der Waals surface area (Å²) >= 11 is 0. The predicted octanol–water partition coefficient (Wildman–Crippen LogP) is 4.27. The van der Waals surface area contributed by atoms with Crippen LogP contribution < -0.4 is 9.47 Å². The van der Waals surface area contributed by atoms with Crippen molar-refractivity contribution in [3.8, 4) is 17.3 Å².